The number of ether oxygens (including phenoxy) is 2. The Kier molecular flexibility index (Phi) is 7.17. The molecule has 1 aliphatic carbocycles. The molecule has 2 amide bonds. The Morgan fingerprint density at radius 1 is 1.12 bits per heavy atom. The molecule has 2 atom stereocenters. The molecule has 8 heteroatoms. The molecule has 0 bridgehead atoms. The van der Waals surface area contributed by atoms with Crippen molar-refractivity contribution in [2.24, 2.45) is 0 Å². The lowest BCUT2D eigenvalue weighted by atomic mass is 9.98. The lowest BCUT2D eigenvalue weighted by Crippen LogP contribution is -2.56. The average molecular weight is 467 g/mol. The molecule has 4 rings (SSSR count). The molecule has 1 heterocycles. The molecule has 0 aromatic heterocycles. The Bertz CT molecular complexity index is 1020. The molecule has 1 fully saturated rings. The van der Waals surface area contributed by atoms with Crippen molar-refractivity contribution in [1.29, 1.82) is 0 Å². The largest absolute Gasteiger partial charge is 0.479 e. The maximum Gasteiger partial charge on any atom is 0.407 e. The Hall–Kier alpha value is -3.39. The van der Waals surface area contributed by atoms with E-state index >= 15 is 0 Å². The van der Waals surface area contributed by atoms with Gasteiger partial charge < -0.3 is 25.2 Å². The Balaban J connectivity index is 1.35. The number of rotatable bonds is 9. The number of carbonyl (C=O) groups excluding carboxylic acids is 2. The number of hydrogen-bond acceptors (Lipinski definition) is 5. The van der Waals surface area contributed by atoms with Crippen LogP contribution in [0, 0.1) is 0 Å². The number of fused-ring (bicyclic) bond motifs is 3. The number of nitrogens with one attached hydrogen (secondary N) is 2. The second kappa shape index (κ2) is 10.3. The van der Waals surface area contributed by atoms with E-state index in [1.165, 1.54) is 0 Å². The van der Waals surface area contributed by atoms with Crippen molar-refractivity contribution >= 4 is 18.0 Å². The summed E-state index contributed by atoms with van der Waals surface area (Å²) in [5, 5.41) is 14.9. The summed E-state index contributed by atoms with van der Waals surface area (Å²) < 4.78 is 10.8. The van der Waals surface area contributed by atoms with Crippen molar-refractivity contribution in [1.82, 2.24) is 10.6 Å². The molecule has 8 nitrogen and oxygen atoms in total. The fraction of sp³-hybridized carbons (Fsp3) is 0.423. The van der Waals surface area contributed by atoms with E-state index in [-0.39, 0.29) is 38.6 Å². The summed E-state index contributed by atoms with van der Waals surface area (Å²) >= 11 is 0. The van der Waals surface area contributed by atoms with Crippen LogP contribution in [0.5, 0.6) is 0 Å². The van der Waals surface area contributed by atoms with Crippen molar-refractivity contribution in [2.75, 3.05) is 19.8 Å². The van der Waals surface area contributed by atoms with E-state index in [4.69, 9.17) is 9.47 Å². The van der Waals surface area contributed by atoms with Gasteiger partial charge in [0.15, 0.2) is 5.54 Å². The van der Waals surface area contributed by atoms with E-state index < -0.39 is 29.6 Å². The first kappa shape index (κ1) is 23.8. The van der Waals surface area contributed by atoms with Crippen LogP contribution in [0.3, 0.4) is 0 Å². The van der Waals surface area contributed by atoms with Gasteiger partial charge in [0.2, 0.25) is 5.91 Å². The minimum Gasteiger partial charge on any atom is -0.479 e. The predicted molar refractivity (Wildman–Crippen MR) is 125 cm³/mol. The van der Waals surface area contributed by atoms with Gasteiger partial charge in [-0.25, -0.2) is 9.59 Å². The van der Waals surface area contributed by atoms with Crippen LogP contribution < -0.4 is 10.6 Å². The molecule has 0 saturated carbocycles. The zero-order chi connectivity index (χ0) is 24.1. The monoisotopic (exact) mass is 466 g/mol. The Morgan fingerprint density at radius 3 is 2.32 bits per heavy atom. The SMILES string of the molecule is CCCC(CC(=O)NC1(C(=O)O)CCOC1)NC(=O)OCC1c2ccccc2-c2ccccc21. The third-order valence-electron chi connectivity index (χ3n) is 6.54. The summed E-state index contributed by atoms with van der Waals surface area (Å²) in [6.07, 6.45) is 0.896. The van der Waals surface area contributed by atoms with Crippen molar-refractivity contribution in [3.63, 3.8) is 0 Å². The van der Waals surface area contributed by atoms with Crippen molar-refractivity contribution in [2.45, 2.75) is 50.1 Å². The van der Waals surface area contributed by atoms with Crippen LogP contribution in [-0.4, -0.2) is 54.5 Å². The zero-order valence-corrected chi connectivity index (χ0v) is 19.2. The van der Waals surface area contributed by atoms with Gasteiger partial charge in [-0.2, -0.15) is 0 Å². The van der Waals surface area contributed by atoms with Crippen molar-refractivity contribution in [3.05, 3.63) is 59.7 Å². The van der Waals surface area contributed by atoms with Gasteiger partial charge in [-0.05, 0) is 28.7 Å². The van der Waals surface area contributed by atoms with Crippen LogP contribution in [-0.2, 0) is 19.1 Å². The molecular weight excluding hydrogens is 436 g/mol. The summed E-state index contributed by atoms with van der Waals surface area (Å²) in [6, 6.07) is 15.7. The highest BCUT2D eigenvalue weighted by atomic mass is 16.5. The van der Waals surface area contributed by atoms with Crippen LogP contribution in [0.1, 0.15) is 49.7 Å². The van der Waals surface area contributed by atoms with Crippen LogP contribution in [0.2, 0.25) is 0 Å². The van der Waals surface area contributed by atoms with Crippen LogP contribution >= 0.6 is 0 Å². The van der Waals surface area contributed by atoms with E-state index in [0.717, 1.165) is 28.7 Å². The van der Waals surface area contributed by atoms with E-state index in [2.05, 4.69) is 34.9 Å². The van der Waals surface area contributed by atoms with Gasteiger partial charge in [0, 0.05) is 31.4 Å². The lowest BCUT2D eigenvalue weighted by molar-refractivity contribution is -0.147. The minimum atomic E-state index is -1.41. The number of alkyl carbamates (subject to hydrolysis) is 1. The molecule has 2 aliphatic rings. The number of amides is 2. The highest BCUT2D eigenvalue weighted by molar-refractivity contribution is 5.88. The van der Waals surface area contributed by atoms with E-state index in [0.29, 0.717) is 6.42 Å². The maximum absolute atomic E-state index is 12.6. The van der Waals surface area contributed by atoms with Gasteiger partial charge >= 0.3 is 12.1 Å². The summed E-state index contributed by atoms with van der Waals surface area (Å²) in [5.41, 5.74) is 3.14. The second-order valence-electron chi connectivity index (χ2n) is 8.90. The number of benzene rings is 2. The molecule has 0 radical (unpaired) electrons. The van der Waals surface area contributed by atoms with E-state index in [1.807, 2.05) is 31.2 Å². The number of aliphatic carboxylic acids is 1. The standard InChI is InChI=1S/C26H30N2O6/c1-2-7-17(14-23(29)28-26(24(30)31)12-13-33-16-26)27-25(32)34-15-22-20-10-5-3-8-18(20)19-9-4-6-11-21(19)22/h3-6,8-11,17,22H,2,7,12-16H2,1H3,(H,27,32)(H,28,29)(H,30,31). The fourth-order valence-electron chi connectivity index (χ4n) is 4.81. The summed E-state index contributed by atoms with van der Waals surface area (Å²) in [4.78, 5) is 36.9. The molecule has 2 aromatic carbocycles. The second-order valence-corrected chi connectivity index (χ2v) is 8.90. The number of carboxylic acid groups (broad SMARTS) is 1. The quantitative estimate of drug-likeness (QED) is 0.522. The van der Waals surface area contributed by atoms with E-state index in [9.17, 15) is 19.5 Å². The molecule has 2 unspecified atom stereocenters. The summed E-state index contributed by atoms with van der Waals surface area (Å²) in [5.74, 6) is -1.61. The third-order valence-corrected chi connectivity index (χ3v) is 6.54. The predicted octanol–water partition coefficient (Wildman–Crippen LogP) is 3.44. The maximum atomic E-state index is 12.6. The van der Waals surface area contributed by atoms with Gasteiger partial charge in [-0.1, -0.05) is 61.9 Å². The normalized spacial score (nSPS) is 19.7. The first-order valence-electron chi connectivity index (χ1n) is 11.7. The molecule has 1 aliphatic heterocycles. The Morgan fingerprint density at radius 2 is 1.76 bits per heavy atom. The van der Waals surface area contributed by atoms with E-state index in [1.54, 1.807) is 0 Å². The zero-order valence-electron chi connectivity index (χ0n) is 19.2. The molecule has 1 saturated heterocycles. The van der Waals surface area contributed by atoms with Crippen LogP contribution in [0.25, 0.3) is 11.1 Å². The number of hydrogen-bond donors (Lipinski definition) is 3. The average Bonchev–Trinajstić information content (AvgIpc) is 3.41. The highest BCUT2D eigenvalue weighted by Gasteiger charge is 2.44. The fourth-order valence-corrected chi connectivity index (χ4v) is 4.81. The molecular formula is C26H30N2O6. The van der Waals surface area contributed by atoms with Gasteiger partial charge in [-0.3, -0.25) is 4.79 Å². The topological polar surface area (TPSA) is 114 Å². The van der Waals surface area contributed by atoms with Crippen molar-refractivity contribution < 1.29 is 29.0 Å². The smallest absolute Gasteiger partial charge is 0.407 e. The van der Waals surface area contributed by atoms with Crippen LogP contribution in [0.15, 0.2) is 48.5 Å². The molecule has 34 heavy (non-hydrogen) atoms. The summed E-state index contributed by atoms with van der Waals surface area (Å²) in [6.45, 7) is 2.35. The first-order chi connectivity index (χ1) is 16.4. The summed E-state index contributed by atoms with van der Waals surface area (Å²) in [7, 11) is 0. The van der Waals surface area contributed by atoms with Gasteiger partial charge in [0.1, 0.15) is 6.61 Å². The number of carboxylic acids is 1. The molecule has 180 valence electrons. The minimum absolute atomic E-state index is 0.0347. The van der Waals surface area contributed by atoms with Gasteiger partial charge in [0.05, 0.1) is 6.61 Å². The Labute approximate surface area is 198 Å². The molecule has 3 N–H and O–H groups in total. The third kappa shape index (κ3) is 4.92. The van der Waals surface area contributed by atoms with Crippen molar-refractivity contribution in [3.8, 4) is 11.1 Å². The number of carbonyl (C=O) groups is 3. The van der Waals surface area contributed by atoms with Gasteiger partial charge in [0.25, 0.3) is 0 Å². The van der Waals surface area contributed by atoms with Crippen LogP contribution in [0.4, 0.5) is 4.79 Å². The highest BCUT2D eigenvalue weighted by Crippen LogP contribution is 2.44. The lowest BCUT2D eigenvalue weighted by Gasteiger charge is -2.25. The van der Waals surface area contributed by atoms with Gasteiger partial charge in [-0.15, -0.1) is 0 Å². The molecule has 0 spiro atoms. The molecule has 2 aromatic rings. The first-order valence-corrected chi connectivity index (χ1v) is 11.7.